The number of fused-ring (bicyclic) bond motifs is 1. The van der Waals surface area contributed by atoms with Gasteiger partial charge in [-0.2, -0.15) is 0 Å². The molecule has 1 aromatic carbocycles. The van der Waals surface area contributed by atoms with Crippen molar-refractivity contribution in [3.63, 3.8) is 0 Å². The van der Waals surface area contributed by atoms with Crippen molar-refractivity contribution in [3.8, 4) is 0 Å². The van der Waals surface area contributed by atoms with Crippen LogP contribution in [0.2, 0.25) is 0 Å². The van der Waals surface area contributed by atoms with Crippen LogP contribution in [-0.4, -0.2) is 47.5 Å². The van der Waals surface area contributed by atoms with Crippen LogP contribution in [0.25, 0.3) is 0 Å². The van der Waals surface area contributed by atoms with Crippen molar-refractivity contribution in [1.29, 1.82) is 0 Å². The quantitative estimate of drug-likeness (QED) is 0.564. The summed E-state index contributed by atoms with van der Waals surface area (Å²) < 4.78 is 10.9. The highest BCUT2D eigenvalue weighted by Gasteiger charge is 2.32. The van der Waals surface area contributed by atoms with Gasteiger partial charge in [0.1, 0.15) is 5.60 Å². The number of hydrogen-bond acceptors (Lipinski definition) is 5. The summed E-state index contributed by atoms with van der Waals surface area (Å²) in [6.07, 6.45) is 3.04. The first-order valence-corrected chi connectivity index (χ1v) is 10.5. The number of likely N-dealkylation sites (tertiary alicyclic amines) is 1. The third-order valence-corrected chi connectivity index (χ3v) is 5.53. The molecular formula is C23H31NO5. The highest BCUT2D eigenvalue weighted by molar-refractivity contribution is 6.00. The fraction of sp³-hybridized carbons (Fsp3) is 0.609. The van der Waals surface area contributed by atoms with Crippen molar-refractivity contribution in [2.45, 2.75) is 71.5 Å². The van der Waals surface area contributed by atoms with Crippen LogP contribution in [0, 0.1) is 5.92 Å². The lowest BCUT2D eigenvalue weighted by Crippen LogP contribution is -2.43. The van der Waals surface area contributed by atoms with Crippen LogP contribution in [0.4, 0.5) is 4.79 Å². The third kappa shape index (κ3) is 5.37. The van der Waals surface area contributed by atoms with Crippen LogP contribution in [0.1, 0.15) is 68.4 Å². The first-order chi connectivity index (χ1) is 13.6. The summed E-state index contributed by atoms with van der Waals surface area (Å²) in [5.41, 5.74) is 2.60. The third-order valence-electron chi connectivity index (χ3n) is 5.53. The molecule has 0 unspecified atom stereocenters. The summed E-state index contributed by atoms with van der Waals surface area (Å²) in [5.74, 6) is -0.834. The molecule has 6 heteroatoms. The van der Waals surface area contributed by atoms with Crippen molar-refractivity contribution >= 4 is 17.8 Å². The fourth-order valence-electron chi connectivity index (χ4n) is 3.91. The lowest BCUT2D eigenvalue weighted by Gasteiger charge is -2.32. The molecule has 1 fully saturated rings. The van der Waals surface area contributed by atoms with Crippen molar-refractivity contribution in [3.05, 3.63) is 34.9 Å². The average molecular weight is 402 g/mol. The van der Waals surface area contributed by atoms with E-state index < -0.39 is 11.7 Å². The number of hydrogen-bond donors (Lipinski definition) is 0. The Bertz CT molecular complexity index is 787. The first-order valence-electron chi connectivity index (χ1n) is 10.5. The monoisotopic (exact) mass is 401 g/mol. The molecule has 1 aliphatic carbocycles. The number of aryl methyl sites for hydroxylation is 2. The average Bonchev–Trinajstić information content (AvgIpc) is 3.13. The Morgan fingerprint density at radius 2 is 1.72 bits per heavy atom. The number of ether oxygens (including phenoxy) is 2. The second kappa shape index (κ2) is 8.56. The maximum absolute atomic E-state index is 12.7. The number of benzene rings is 1. The predicted octanol–water partition coefficient (Wildman–Crippen LogP) is 3.94. The largest absolute Gasteiger partial charge is 0.454 e. The lowest BCUT2D eigenvalue weighted by molar-refractivity contribution is -0.152. The predicted molar refractivity (Wildman–Crippen MR) is 109 cm³/mol. The van der Waals surface area contributed by atoms with E-state index in [0.29, 0.717) is 31.5 Å². The minimum Gasteiger partial charge on any atom is -0.454 e. The van der Waals surface area contributed by atoms with Crippen molar-refractivity contribution in [2.24, 2.45) is 5.92 Å². The van der Waals surface area contributed by atoms with E-state index >= 15 is 0 Å². The number of rotatable bonds is 4. The number of nitrogens with zero attached hydrogens (tertiary/aromatic N) is 1. The number of Topliss-reactive ketones (excluding diaryl/α,β-unsaturated/α-hetero) is 1. The molecule has 3 rings (SSSR count). The molecule has 0 spiro atoms. The van der Waals surface area contributed by atoms with Crippen molar-refractivity contribution < 1.29 is 23.9 Å². The van der Waals surface area contributed by atoms with Gasteiger partial charge in [0.15, 0.2) is 6.10 Å². The van der Waals surface area contributed by atoms with E-state index in [4.69, 9.17) is 9.47 Å². The summed E-state index contributed by atoms with van der Waals surface area (Å²) in [6, 6.07) is 5.78. The molecule has 0 saturated carbocycles. The van der Waals surface area contributed by atoms with Crippen molar-refractivity contribution in [1.82, 2.24) is 4.90 Å². The second-order valence-electron chi connectivity index (χ2n) is 9.02. The van der Waals surface area contributed by atoms with E-state index in [1.807, 2.05) is 39.0 Å². The van der Waals surface area contributed by atoms with Gasteiger partial charge < -0.3 is 14.4 Å². The van der Waals surface area contributed by atoms with Gasteiger partial charge in [-0.25, -0.2) is 4.79 Å². The standard InChI is InChI=1S/C23H31NO5/c1-15(20(25)19-9-8-16-6-5-7-18(16)14-19)28-21(26)17-10-12-24(13-11-17)22(27)29-23(2,3)4/h8-9,14-15,17H,5-7,10-13H2,1-4H3/t15-/m0/s1. The molecule has 1 heterocycles. The molecule has 1 aromatic rings. The van der Waals surface area contributed by atoms with E-state index in [-0.39, 0.29) is 23.8 Å². The molecule has 0 radical (unpaired) electrons. The minimum absolute atomic E-state index is 0.167. The van der Waals surface area contributed by atoms with Crippen LogP contribution >= 0.6 is 0 Å². The number of ketones is 1. The molecule has 1 atom stereocenters. The van der Waals surface area contributed by atoms with Gasteiger partial charge in [0.2, 0.25) is 5.78 Å². The normalized spacial score (nSPS) is 18.1. The molecule has 1 saturated heterocycles. The highest BCUT2D eigenvalue weighted by Crippen LogP contribution is 2.25. The van der Waals surface area contributed by atoms with E-state index in [1.54, 1.807) is 11.8 Å². The zero-order valence-corrected chi connectivity index (χ0v) is 17.8. The Hall–Kier alpha value is -2.37. The highest BCUT2D eigenvalue weighted by atomic mass is 16.6. The molecule has 1 aliphatic heterocycles. The van der Waals surface area contributed by atoms with Gasteiger partial charge in [0.05, 0.1) is 5.92 Å². The molecule has 158 valence electrons. The van der Waals surface area contributed by atoms with E-state index in [1.165, 1.54) is 11.1 Å². The zero-order chi connectivity index (χ0) is 21.2. The van der Waals surface area contributed by atoms with Gasteiger partial charge in [0.25, 0.3) is 0 Å². The first kappa shape index (κ1) is 21.3. The van der Waals surface area contributed by atoms with Gasteiger partial charge in [-0.15, -0.1) is 0 Å². The van der Waals surface area contributed by atoms with Gasteiger partial charge in [-0.05, 0) is 77.0 Å². The van der Waals surface area contributed by atoms with Crippen LogP contribution < -0.4 is 0 Å². The molecule has 2 aliphatic rings. The Morgan fingerprint density at radius 3 is 2.38 bits per heavy atom. The van der Waals surface area contributed by atoms with E-state index in [0.717, 1.165) is 19.3 Å². The maximum atomic E-state index is 12.7. The molecule has 1 amide bonds. The molecule has 0 aromatic heterocycles. The number of carbonyl (C=O) groups is 3. The molecular weight excluding hydrogens is 370 g/mol. The molecule has 0 N–H and O–H groups in total. The van der Waals surface area contributed by atoms with E-state index in [9.17, 15) is 14.4 Å². The Morgan fingerprint density at radius 1 is 1.07 bits per heavy atom. The van der Waals surface area contributed by atoms with Crippen LogP contribution in [0.3, 0.4) is 0 Å². The van der Waals surface area contributed by atoms with Crippen LogP contribution in [-0.2, 0) is 27.1 Å². The van der Waals surface area contributed by atoms with Gasteiger partial charge in [-0.1, -0.05) is 12.1 Å². The number of esters is 1. The number of carbonyl (C=O) groups excluding carboxylic acids is 3. The van der Waals surface area contributed by atoms with Crippen molar-refractivity contribution in [2.75, 3.05) is 13.1 Å². The maximum Gasteiger partial charge on any atom is 0.410 e. The summed E-state index contributed by atoms with van der Waals surface area (Å²) >= 11 is 0. The summed E-state index contributed by atoms with van der Waals surface area (Å²) in [7, 11) is 0. The minimum atomic E-state index is -0.814. The SMILES string of the molecule is C[C@H](OC(=O)C1CCN(C(=O)OC(C)(C)C)CC1)C(=O)c1ccc2c(c1)CCC2. The van der Waals surface area contributed by atoms with Crippen LogP contribution in [0.5, 0.6) is 0 Å². The topological polar surface area (TPSA) is 72.9 Å². The number of piperidine rings is 1. The zero-order valence-electron chi connectivity index (χ0n) is 17.8. The Labute approximate surface area is 172 Å². The molecule has 29 heavy (non-hydrogen) atoms. The van der Waals surface area contributed by atoms with Gasteiger partial charge in [-0.3, -0.25) is 9.59 Å². The second-order valence-corrected chi connectivity index (χ2v) is 9.02. The fourth-order valence-corrected chi connectivity index (χ4v) is 3.91. The summed E-state index contributed by atoms with van der Waals surface area (Å²) in [5, 5.41) is 0. The lowest BCUT2D eigenvalue weighted by atomic mass is 9.97. The molecule has 0 bridgehead atoms. The van der Waals surface area contributed by atoms with Crippen LogP contribution in [0.15, 0.2) is 18.2 Å². The number of amides is 1. The van der Waals surface area contributed by atoms with E-state index in [2.05, 4.69) is 0 Å². The van der Waals surface area contributed by atoms with Gasteiger partial charge >= 0.3 is 12.1 Å². The smallest absolute Gasteiger partial charge is 0.410 e. The Balaban J connectivity index is 1.50. The Kier molecular flexibility index (Phi) is 6.30. The molecule has 6 nitrogen and oxygen atoms in total. The van der Waals surface area contributed by atoms with Gasteiger partial charge in [0, 0.05) is 18.7 Å². The summed E-state index contributed by atoms with van der Waals surface area (Å²) in [4.78, 5) is 39.0. The summed E-state index contributed by atoms with van der Waals surface area (Å²) in [6.45, 7) is 8.00.